The second-order valence-corrected chi connectivity index (χ2v) is 5.06. The molecule has 21 heavy (non-hydrogen) atoms. The quantitative estimate of drug-likeness (QED) is 0.717. The standard InChI is InChI=1S/C16H14Cl2O3/c1-2-20-16-8-11(9-19)6-7-15(16)21-10-12-13(17)4-3-5-14(12)18/h3-9H,2,10H2,1H3. The van der Waals surface area contributed by atoms with Gasteiger partial charge in [-0.1, -0.05) is 29.3 Å². The molecule has 0 spiro atoms. The van der Waals surface area contributed by atoms with Gasteiger partial charge in [-0.15, -0.1) is 0 Å². The Labute approximate surface area is 133 Å². The number of aldehydes is 1. The first-order valence-electron chi connectivity index (χ1n) is 6.43. The zero-order valence-corrected chi connectivity index (χ0v) is 12.9. The molecule has 0 saturated heterocycles. The summed E-state index contributed by atoms with van der Waals surface area (Å²) in [5.74, 6) is 1.06. The normalized spacial score (nSPS) is 10.2. The first-order chi connectivity index (χ1) is 10.2. The maximum absolute atomic E-state index is 10.8. The van der Waals surface area contributed by atoms with Gasteiger partial charge in [0.2, 0.25) is 0 Å². The number of ether oxygens (including phenoxy) is 2. The molecule has 0 atom stereocenters. The van der Waals surface area contributed by atoms with Gasteiger partial charge in [0.1, 0.15) is 12.9 Å². The zero-order valence-electron chi connectivity index (χ0n) is 11.4. The number of hydrogen-bond acceptors (Lipinski definition) is 3. The number of carbonyl (C=O) groups is 1. The van der Waals surface area contributed by atoms with Gasteiger partial charge in [0.05, 0.1) is 6.61 Å². The van der Waals surface area contributed by atoms with Crippen molar-refractivity contribution in [1.82, 2.24) is 0 Å². The maximum Gasteiger partial charge on any atom is 0.161 e. The Hall–Kier alpha value is -1.71. The van der Waals surface area contributed by atoms with E-state index in [1.54, 1.807) is 36.4 Å². The summed E-state index contributed by atoms with van der Waals surface area (Å²) in [6.45, 7) is 2.56. The zero-order chi connectivity index (χ0) is 15.2. The lowest BCUT2D eigenvalue weighted by molar-refractivity contribution is 0.112. The van der Waals surface area contributed by atoms with Crippen LogP contribution in [-0.2, 0) is 6.61 Å². The molecule has 0 fully saturated rings. The molecule has 0 unspecified atom stereocenters. The number of carbonyl (C=O) groups excluding carboxylic acids is 1. The molecular formula is C16H14Cl2O3. The lowest BCUT2D eigenvalue weighted by atomic mass is 10.2. The molecule has 0 aliphatic rings. The van der Waals surface area contributed by atoms with E-state index < -0.39 is 0 Å². The van der Waals surface area contributed by atoms with Gasteiger partial charge in [0.25, 0.3) is 0 Å². The molecule has 0 amide bonds. The van der Waals surface area contributed by atoms with Gasteiger partial charge in [-0.25, -0.2) is 0 Å². The lowest BCUT2D eigenvalue weighted by Gasteiger charge is -2.13. The van der Waals surface area contributed by atoms with E-state index in [9.17, 15) is 4.79 Å². The number of halogens is 2. The van der Waals surface area contributed by atoms with Crippen molar-refractivity contribution in [2.24, 2.45) is 0 Å². The summed E-state index contributed by atoms with van der Waals surface area (Å²) in [7, 11) is 0. The predicted molar refractivity (Wildman–Crippen MR) is 83.8 cm³/mol. The Bertz CT molecular complexity index is 621. The van der Waals surface area contributed by atoms with E-state index >= 15 is 0 Å². The Kier molecular flexibility index (Phi) is 5.48. The third-order valence-electron chi connectivity index (χ3n) is 2.84. The largest absolute Gasteiger partial charge is 0.490 e. The fraction of sp³-hybridized carbons (Fsp3) is 0.188. The van der Waals surface area contributed by atoms with Gasteiger partial charge in [-0.3, -0.25) is 4.79 Å². The van der Waals surface area contributed by atoms with Crippen molar-refractivity contribution in [3.8, 4) is 11.5 Å². The van der Waals surface area contributed by atoms with Gasteiger partial charge in [-0.05, 0) is 37.3 Å². The average Bonchev–Trinajstić information content (AvgIpc) is 2.48. The molecule has 0 N–H and O–H groups in total. The number of rotatable bonds is 6. The average molecular weight is 325 g/mol. The van der Waals surface area contributed by atoms with Crippen LogP contribution in [0.4, 0.5) is 0 Å². The van der Waals surface area contributed by atoms with E-state index in [4.69, 9.17) is 32.7 Å². The fourth-order valence-electron chi connectivity index (χ4n) is 1.81. The fourth-order valence-corrected chi connectivity index (χ4v) is 2.31. The van der Waals surface area contributed by atoms with Crippen molar-refractivity contribution in [2.45, 2.75) is 13.5 Å². The summed E-state index contributed by atoms with van der Waals surface area (Å²) in [4.78, 5) is 10.8. The van der Waals surface area contributed by atoms with E-state index in [2.05, 4.69) is 0 Å². The molecule has 2 aromatic carbocycles. The molecule has 0 aliphatic carbocycles. The Morgan fingerprint density at radius 1 is 1.05 bits per heavy atom. The van der Waals surface area contributed by atoms with E-state index in [1.165, 1.54) is 0 Å². The summed E-state index contributed by atoms with van der Waals surface area (Å²) in [5.41, 5.74) is 1.24. The highest BCUT2D eigenvalue weighted by atomic mass is 35.5. The summed E-state index contributed by atoms with van der Waals surface area (Å²) in [6.07, 6.45) is 0.761. The first-order valence-corrected chi connectivity index (χ1v) is 7.19. The molecule has 0 bridgehead atoms. The van der Waals surface area contributed by atoms with Crippen molar-refractivity contribution in [3.05, 3.63) is 57.6 Å². The van der Waals surface area contributed by atoms with Gasteiger partial charge in [0.15, 0.2) is 11.5 Å². The van der Waals surface area contributed by atoms with Crippen molar-refractivity contribution >= 4 is 29.5 Å². The van der Waals surface area contributed by atoms with Crippen LogP contribution >= 0.6 is 23.2 Å². The Balaban J connectivity index is 2.21. The molecule has 2 rings (SSSR count). The molecule has 0 radical (unpaired) electrons. The van der Waals surface area contributed by atoms with Crippen LogP contribution in [0.5, 0.6) is 11.5 Å². The first kappa shape index (κ1) is 15.7. The molecule has 2 aromatic rings. The predicted octanol–water partition coefficient (Wildman–Crippen LogP) is 4.78. The van der Waals surface area contributed by atoms with Crippen molar-refractivity contribution in [1.29, 1.82) is 0 Å². The highest BCUT2D eigenvalue weighted by molar-refractivity contribution is 6.35. The van der Waals surface area contributed by atoms with Crippen LogP contribution in [0.2, 0.25) is 10.0 Å². The minimum atomic E-state index is 0.221. The van der Waals surface area contributed by atoms with Crippen LogP contribution in [0.15, 0.2) is 36.4 Å². The lowest BCUT2D eigenvalue weighted by Crippen LogP contribution is -2.01. The van der Waals surface area contributed by atoms with E-state index in [1.807, 2.05) is 6.92 Å². The third-order valence-corrected chi connectivity index (χ3v) is 3.55. The Morgan fingerprint density at radius 2 is 1.76 bits per heavy atom. The molecule has 5 heteroatoms. The van der Waals surface area contributed by atoms with Crippen LogP contribution < -0.4 is 9.47 Å². The second-order valence-electron chi connectivity index (χ2n) is 4.25. The topological polar surface area (TPSA) is 35.5 Å². The molecule has 0 saturated carbocycles. The number of hydrogen-bond donors (Lipinski definition) is 0. The van der Waals surface area contributed by atoms with E-state index in [0.717, 1.165) is 6.29 Å². The minimum absolute atomic E-state index is 0.221. The molecule has 110 valence electrons. The van der Waals surface area contributed by atoms with Crippen LogP contribution in [-0.4, -0.2) is 12.9 Å². The second kappa shape index (κ2) is 7.34. The summed E-state index contributed by atoms with van der Waals surface area (Å²) >= 11 is 12.2. The smallest absolute Gasteiger partial charge is 0.161 e. The van der Waals surface area contributed by atoms with Crippen LogP contribution in [0.25, 0.3) is 0 Å². The Morgan fingerprint density at radius 3 is 2.38 bits per heavy atom. The van der Waals surface area contributed by atoms with Gasteiger partial charge < -0.3 is 9.47 Å². The van der Waals surface area contributed by atoms with Crippen molar-refractivity contribution < 1.29 is 14.3 Å². The molecule has 3 nitrogen and oxygen atoms in total. The molecule has 0 aromatic heterocycles. The number of benzene rings is 2. The molecule has 0 aliphatic heterocycles. The van der Waals surface area contributed by atoms with Gasteiger partial charge in [-0.2, -0.15) is 0 Å². The molecular weight excluding hydrogens is 311 g/mol. The van der Waals surface area contributed by atoms with Crippen LogP contribution in [0, 0.1) is 0 Å². The van der Waals surface area contributed by atoms with E-state index in [-0.39, 0.29) is 6.61 Å². The SMILES string of the molecule is CCOc1cc(C=O)ccc1OCc1c(Cl)cccc1Cl. The third kappa shape index (κ3) is 3.90. The van der Waals surface area contributed by atoms with Crippen molar-refractivity contribution in [3.63, 3.8) is 0 Å². The van der Waals surface area contributed by atoms with E-state index in [0.29, 0.717) is 39.3 Å². The highest BCUT2D eigenvalue weighted by Crippen LogP contribution is 2.31. The van der Waals surface area contributed by atoms with Gasteiger partial charge in [0, 0.05) is 21.2 Å². The van der Waals surface area contributed by atoms with Crippen LogP contribution in [0.3, 0.4) is 0 Å². The highest BCUT2D eigenvalue weighted by Gasteiger charge is 2.10. The maximum atomic E-state index is 10.8. The van der Waals surface area contributed by atoms with Gasteiger partial charge >= 0.3 is 0 Å². The summed E-state index contributed by atoms with van der Waals surface area (Å²) < 4.78 is 11.2. The summed E-state index contributed by atoms with van der Waals surface area (Å²) in [6, 6.07) is 10.3. The summed E-state index contributed by atoms with van der Waals surface area (Å²) in [5, 5.41) is 1.09. The molecule has 0 heterocycles. The monoisotopic (exact) mass is 324 g/mol. The minimum Gasteiger partial charge on any atom is -0.490 e. The van der Waals surface area contributed by atoms with Crippen molar-refractivity contribution in [2.75, 3.05) is 6.61 Å². The van der Waals surface area contributed by atoms with Crippen LogP contribution in [0.1, 0.15) is 22.8 Å².